The van der Waals surface area contributed by atoms with Crippen molar-refractivity contribution in [3.8, 4) is 0 Å². The second-order valence-electron chi connectivity index (χ2n) is 5.83. The summed E-state index contributed by atoms with van der Waals surface area (Å²) < 4.78 is 0. The van der Waals surface area contributed by atoms with Crippen LogP contribution in [0.1, 0.15) is 24.8 Å². The first-order chi connectivity index (χ1) is 9.66. The topological polar surface area (TPSA) is 57.6 Å². The lowest BCUT2D eigenvalue weighted by atomic mass is 9.74. The highest BCUT2D eigenvalue weighted by Gasteiger charge is 2.48. The Bertz CT molecular complexity index is 649. The summed E-state index contributed by atoms with van der Waals surface area (Å²) in [6, 6.07) is 7.90. The number of carboxylic acid groups (broad SMARTS) is 1. The van der Waals surface area contributed by atoms with Gasteiger partial charge in [0, 0.05) is 12.0 Å². The van der Waals surface area contributed by atoms with Gasteiger partial charge in [-0.05, 0) is 30.4 Å². The fourth-order valence-electron chi connectivity index (χ4n) is 3.94. The normalized spacial score (nSPS) is 30.6. The number of nitrogens with zero attached hydrogens (tertiary/aromatic N) is 1. The van der Waals surface area contributed by atoms with Gasteiger partial charge >= 0.3 is 5.97 Å². The van der Waals surface area contributed by atoms with Crippen molar-refractivity contribution in [3.05, 3.63) is 35.9 Å². The van der Waals surface area contributed by atoms with E-state index in [0.29, 0.717) is 12.8 Å². The number of fused-ring (bicyclic) bond motifs is 3. The molecule has 102 valence electrons. The van der Waals surface area contributed by atoms with Gasteiger partial charge in [0.25, 0.3) is 0 Å². The smallest absolute Gasteiger partial charge is 0.310 e. The zero-order valence-electron chi connectivity index (χ0n) is 11.0. The predicted molar refractivity (Wildman–Crippen MR) is 74.2 cm³/mol. The predicted octanol–water partition coefficient (Wildman–Crippen LogP) is 2.30. The van der Waals surface area contributed by atoms with Crippen LogP contribution in [0.15, 0.2) is 30.3 Å². The Morgan fingerprint density at radius 2 is 2.10 bits per heavy atom. The third kappa shape index (κ3) is 1.42. The van der Waals surface area contributed by atoms with Crippen molar-refractivity contribution in [2.24, 2.45) is 11.8 Å². The van der Waals surface area contributed by atoms with Gasteiger partial charge in [-0.1, -0.05) is 24.3 Å². The molecule has 3 atom stereocenters. The molecule has 0 bridgehead atoms. The first-order valence-electron chi connectivity index (χ1n) is 7.03. The van der Waals surface area contributed by atoms with Crippen LogP contribution < -0.4 is 4.90 Å². The highest BCUT2D eigenvalue weighted by Crippen LogP contribution is 2.51. The third-order valence-corrected chi connectivity index (χ3v) is 4.77. The molecule has 1 saturated heterocycles. The van der Waals surface area contributed by atoms with Gasteiger partial charge in [-0.15, -0.1) is 0 Å². The average molecular weight is 269 g/mol. The third-order valence-electron chi connectivity index (χ3n) is 4.77. The molecule has 20 heavy (non-hydrogen) atoms. The molecule has 4 heteroatoms. The monoisotopic (exact) mass is 269 g/mol. The number of carbonyl (C=O) groups excluding carboxylic acids is 1. The zero-order valence-corrected chi connectivity index (χ0v) is 11.0. The summed E-state index contributed by atoms with van der Waals surface area (Å²) in [5, 5.41) is 9.33. The second kappa shape index (κ2) is 3.95. The fourth-order valence-corrected chi connectivity index (χ4v) is 3.94. The lowest BCUT2D eigenvalue weighted by Crippen LogP contribution is -2.48. The molecule has 2 aliphatic heterocycles. The van der Waals surface area contributed by atoms with Crippen LogP contribution in [0.3, 0.4) is 0 Å². The molecule has 3 aliphatic rings. The highest BCUT2D eigenvalue weighted by molar-refractivity contribution is 6.06. The van der Waals surface area contributed by atoms with Crippen molar-refractivity contribution in [1.29, 1.82) is 0 Å². The van der Waals surface area contributed by atoms with E-state index < -0.39 is 11.9 Å². The molecule has 0 unspecified atom stereocenters. The van der Waals surface area contributed by atoms with Crippen molar-refractivity contribution in [2.45, 2.75) is 25.3 Å². The number of rotatable bonds is 1. The Hall–Kier alpha value is -2.10. The number of para-hydroxylation sites is 1. The molecule has 4 rings (SSSR count). The van der Waals surface area contributed by atoms with Crippen LogP contribution in [0.5, 0.6) is 0 Å². The minimum Gasteiger partial charge on any atom is -0.481 e. The molecule has 0 saturated carbocycles. The lowest BCUT2D eigenvalue weighted by Gasteiger charge is -2.40. The number of anilines is 1. The summed E-state index contributed by atoms with van der Waals surface area (Å²) in [5.74, 6) is -0.756. The minimum absolute atomic E-state index is 0.0595. The summed E-state index contributed by atoms with van der Waals surface area (Å²) in [4.78, 5) is 25.5. The summed E-state index contributed by atoms with van der Waals surface area (Å²) in [7, 11) is 0. The van der Waals surface area contributed by atoms with Crippen molar-refractivity contribution in [2.75, 3.05) is 4.90 Å². The number of carboxylic acids is 1. The van der Waals surface area contributed by atoms with Crippen molar-refractivity contribution < 1.29 is 14.7 Å². The SMILES string of the molecule is O=C(O)[C@@H]1C=C2c3ccccc3N3C(=O)CC[C@@H](C1)[C@H]23. The minimum atomic E-state index is -0.760. The maximum Gasteiger partial charge on any atom is 0.310 e. The van der Waals surface area contributed by atoms with Gasteiger partial charge in [-0.3, -0.25) is 9.59 Å². The van der Waals surface area contributed by atoms with Crippen molar-refractivity contribution in [1.82, 2.24) is 0 Å². The van der Waals surface area contributed by atoms with Crippen molar-refractivity contribution in [3.63, 3.8) is 0 Å². The number of hydrogen-bond acceptors (Lipinski definition) is 2. The summed E-state index contributed by atoms with van der Waals surface area (Å²) in [5.41, 5.74) is 3.02. The van der Waals surface area contributed by atoms with E-state index in [1.807, 2.05) is 35.2 Å². The van der Waals surface area contributed by atoms with Crippen LogP contribution in [0, 0.1) is 11.8 Å². The second-order valence-corrected chi connectivity index (χ2v) is 5.83. The van der Waals surface area contributed by atoms with Crippen LogP contribution in [0.4, 0.5) is 5.69 Å². The zero-order chi connectivity index (χ0) is 13.9. The van der Waals surface area contributed by atoms with E-state index in [-0.39, 0.29) is 17.9 Å². The molecule has 0 spiro atoms. The molecule has 4 nitrogen and oxygen atoms in total. The molecular weight excluding hydrogens is 254 g/mol. The molecule has 2 heterocycles. The van der Waals surface area contributed by atoms with E-state index in [0.717, 1.165) is 23.2 Å². The molecule has 1 N–H and O–H groups in total. The van der Waals surface area contributed by atoms with Gasteiger partial charge in [0.05, 0.1) is 17.6 Å². The van der Waals surface area contributed by atoms with E-state index in [9.17, 15) is 14.7 Å². The van der Waals surface area contributed by atoms with E-state index in [1.165, 1.54) is 0 Å². The number of aliphatic carboxylic acids is 1. The molecule has 1 aromatic carbocycles. The Labute approximate surface area is 116 Å². The summed E-state index contributed by atoms with van der Waals surface area (Å²) in [6.45, 7) is 0. The van der Waals surface area contributed by atoms with Gasteiger partial charge in [0.2, 0.25) is 5.91 Å². The van der Waals surface area contributed by atoms with Gasteiger partial charge in [0.15, 0.2) is 0 Å². The Kier molecular flexibility index (Phi) is 2.31. The summed E-state index contributed by atoms with van der Waals surface area (Å²) in [6.07, 6.45) is 3.83. The number of benzene rings is 1. The largest absolute Gasteiger partial charge is 0.481 e. The number of piperidine rings is 1. The molecule has 1 fully saturated rings. The van der Waals surface area contributed by atoms with Gasteiger partial charge < -0.3 is 10.0 Å². The Morgan fingerprint density at radius 1 is 1.30 bits per heavy atom. The molecule has 1 aromatic rings. The van der Waals surface area contributed by atoms with E-state index in [2.05, 4.69) is 0 Å². The maximum absolute atomic E-state index is 12.3. The van der Waals surface area contributed by atoms with E-state index >= 15 is 0 Å². The number of hydrogen-bond donors (Lipinski definition) is 1. The van der Waals surface area contributed by atoms with Crippen LogP contribution in [-0.2, 0) is 9.59 Å². The first-order valence-corrected chi connectivity index (χ1v) is 7.03. The standard InChI is InChI=1S/C16H15NO3/c18-14-6-5-9-7-10(16(19)20)8-12-11-3-1-2-4-13(11)17(14)15(9)12/h1-4,8-10,15H,5-7H2,(H,19,20)/t9-,10-,15+/m0/s1. The number of amides is 1. The van der Waals surface area contributed by atoms with Gasteiger partial charge in [-0.2, -0.15) is 0 Å². The quantitative estimate of drug-likeness (QED) is 0.851. The first kappa shape index (κ1) is 11.7. The highest BCUT2D eigenvalue weighted by atomic mass is 16.4. The van der Waals surface area contributed by atoms with Crippen molar-refractivity contribution >= 4 is 23.1 Å². The van der Waals surface area contributed by atoms with Gasteiger partial charge in [-0.25, -0.2) is 0 Å². The Balaban J connectivity index is 1.92. The molecule has 1 aliphatic carbocycles. The van der Waals surface area contributed by atoms with E-state index in [1.54, 1.807) is 0 Å². The average Bonchev–Trinajstić information content (AvgIpc) is 2.79. The fraction of sp³-hybridized carbons (Fsp3) is 0.375. The maximum atomic E-state index is 12.3. The van der Waals surface area contributed by atoms with Gasteiger partial charge in [0.1, 0.15) is 0 Å². The summed E-state index contributed by atoms with van der Waals surface area (Å²) >= 11 is 0. The molecule has 0 radical (unpaired) electrons. The lowest BCUT2D eigenvalue weighted by molar-refractivity contribution is -0.140. The van der Waals surface area contributed by atoms with E-state index in [4.69, 9.17) is 0 Å². The molecular formula is C16H15NO3. The molecule has 0 aromatic heterocycles. The van der Waals surface area contributed by atoms with Crippen LogP contribution in [-0.4, -0.2) is 23.0 Å². The van der Waals surface area contributed by atoms with Crippen LogP contribution >= 0.6 is 0 Å². The van der Waals surface area contributed by atoms with Crippen LogP contribution in [0.2, 0.25) is 0 Å². The Morgan fingerprint density at radius 3 is 2.90 bits per heavy atom. The number of carbonyl (C=O) groups is 2. The van der Waals surface area contributed by atoms with Crippen LogP contribution in [0.25, 0.3) is 5.57 Å². The molecule has 1 amide bonds.